The SMILES string of the molecule is NC(=S)c1ccnc(NCCc2cccs2)n1. The number of thiophene rings is 1. The van der Waals surface area contributed by atoms with Gasteiger partial charge in [0.15, 0.2) is 0 Å². The predicted molar refractivity (Wildman–Crippen MR) is 74.4 cm³/mol. The molecular formula is C11H12N4S2. The van der Waals surface area contributed by atoms with Crippen LogP contribution in [-0.2, 0) is 6.42 Å². The van der Waals surface area contributed by atoms with Gasteiger partial charge >= 0.3 is 0 Å². The predicted octanol–water partition coefficient (Wildman–Crippen LogP) is 1.83. The minimum absolute atomic E-state index is 0.286. The summed E-state index contributed by atoms with van der Waals surface area (Å²) in [7, 11) is 0. The van der Waals surface area contributed by atoms with E-state index in [9.17, 15) is 0 Å². The van der Waals surface area contributed by atoms with Crippen LogP contribution in [0, 0.1) is 0 Å². The van der Waals surface area contributed by atoms with Crippen molar-refractivity contribution >= 4 is 34.5 Å². The van der Waals surface area contributed by atoms with Gasteiger partial charge in [-0.15, -0.1) is 11.3 Å². The Bertz CT molecular complexity index is 496. The molecule has 0 atom stereocenters. The molecule has 17 heavy (non-hydrogen) atoms. The van der Waals surface area contributed by atoms with Crippen LogP contribution in [0.2, 0.25) is 0 Å². The Morgan fingerprint density at radius 3 is 3.06 bits per heavy atom. The highest BCUT2D eigenvalue weighted by molar-refractivity contribution is 7.80. The van der Waals surface area contributed by atoms with E-state index in [-0.39, 0.29) is 4.99 Å². The first-order valence-corrected chi connectivity index (χ1v) is 6.43. The number of nitrogens with zero attached hydrogens (tertiary/aromatic N) is 2. The van der Waals surface area contributed by atoms with Crippen LogP contribution in [0.4, 0.5) is 5.95 Å². The maximum absolute atomic E-state index is 5.50. The smallest absolute Gasteiger partial charge is 0.223 e. The van der Waals surface area contributed by atoms with Crippen LogP contribution in [0.15, 0.2) is 29.8 Å². The zero-order valence-electron chi connectivity index (χ0n) is 9.09. The summed E-state index contributed by atoms with van der Waals surface area (Å²) in [5, 5.41) is 5.22. The van der Waals surface area contributed by atoms with Crippen LogP contribution >= 0.6 is 23.6 Å². The molecule has 6 heteroatoms. The van der Waals surface area contributed by atoms with Gasteiger partial charge in [-0.25, -0.2) is 9.97 Å². The second kappa shape index (κ2) is 5.70. The Kier molecular flexibility index (Phi) is 4.00. The van der Waals surface area contributed by atoms with Gasteiger partial charge in [0.1, 0.15) is 10.7 Å². The van der Waals surface area contributed by atoms with Gasteiger partial charge in [-0.3, -0.25) is 0 Å². The van der Waals surface area contributed by atoms with Gasteiger partial charge in [0, 0.05) is 17.6 Å². The fraction of sp³-hybridized carbons (Fsp3) is 0.182. The minimum atomic E-state index is 0.286. The van der Waals surface area contributed by atoms with Gasteiger partial charge in [0.25, 0.3) is 0 Å². The van der Waals surface area contributed by atoms with Crippen molar-refractivity contribution in [3.63, 3.8) is 0 Å². The molecule has 0 saturated carbocycles. The number of anilines is 1. The number of thiocarbonyl (C=S) groups is 1. The molecule has 0 aromatic carbocycles. The number of hydrogen-bond acceptors (Lipinski definition) is 5. The van der Waals surface area contributed by atoms with E-state index in [2.05, 4.69) is 26.7 Å². The molecule has 0 saturated heterocycles. The Morgan fingerprint density at radius 2 is 2.35 bits per heavy atom. The summed E-state index contributed by atoms with van der Waals surface area (Å²) in [6.45, 7) is 0.793. The number of nitrogens with two attached hydrogens (primary N) is 1. The van der Waals surface area contributed by atoms with Gasteiger partial charge in [0.2, 0.25) is 5.95 Å². The molecule has 2 aromatic rings. The summed E-state index contributed by atoms with van der Waals surface area (Å²) < 4.78 is 0. The average Bonchev–Trinajstić information content (AvgIpc) is 2.82. The van der Waals surface area contributed by atoms with Crippen molar-refractivity contribution in [2.24, 2.45) is 5.73 Å². The van der Waals surface area contributed by atoms with Gasteiger partial charge in [-0.1, -0.05) is 18.3 Å². The number of nitrogens with one attached hydrogen (secondary N) is 1. The third-order valence-electron chi connectivity index (χ3n) is 2.14. The zero-order chi connectivity index (χ0) is 12.1. The molecule has 3 N–H and O–H groups in total. The molecule has 0 aliphatic heterocycles. The van der Waals surface area contributed by atoms with Crippen LogP contribution in [0.1, 0.15) is 10.6 Å². The Morgan fingerprint density at radius 1 is 1.47 bits per heavy atom. The maximum atomic E-state index is 5.50. The molecule has 2 aromatic heterocycles. The van der Waals surface area contributed by atoms with Crippen LogP contribution in [0.25, 0.3) is 0 Å². The van der Waals surface area contributed by atoms with Crippen molar-refractivity contribution in [1.29, 1.82) is 0 Å². The van der Waals surface area contributed by atoms with E-state index in [0.717, 1.165) is 13.0 Å². The molecule has 0 aliphatic carbocycles. The van der Waals surface area contributed by atoms with Gasteiger partial charge in [-0.2, -0.15) is 0 Å². The summed E-state index contributed by atoms with van der Waals surface area (Å²) in [5.74, 6) is 0.562. The molecule has 4 nitrogen and oxygen atoms in total. The number of aromatic nitrogens is 2. The molecule has 0 amide bonds. The standard InChI is InChI=1S/C11H12N4S2/c12-10(16)9-4-6-14-11(15-9)13-5-3-8-2-1-7-17-8/h1-2,4,6-7H,3,5H2,(H2,12,16)(H,13,14,15). The lowest BCUT2D eigenvalue weighted by Gasteiger charge is -2.04. The van der Waals surface area contributed by atoms with Crippen molar-refractivity contribution < 1.29 is 0 Å². The van der Waals surface area contributed by atoms with Crippen molar-refractivity contribution in [1.82, 2.24) is 9.97 Å². The molecule has 2 heterocycles. The first-order chi connectivity index (χ1) is 8.25. The van der Waals surface area contributed by atoms with E-state index >= 15 is 0 Å². The molecule has 0 unspecified atom stereocenters. The normalized spacial score (nSPS) is 10.1. The molecule has 0 aliphatic rings. The first-order valence-electron chi connectivity index (χ1n) is 5.15. The minimum Gasteiger partial charge on any atom is -0.388 e. The highest BCUT2D eigenvalue weighted by Gasteiger charge is 2.01. The second-order valence-corrected chi connectivity index (χ2v) is 4.86. The van der Waals surface area contributed by atoms with Crippen LogP contribution in [-0.4, -0.2) is 21.5 Å². The van der Waals surface area contributed by atoms with E-state index in [1.165, 1.54) is 4.88 Å². The second-order valence-electron chi connectivity index (χ2n) is 3.39. The van der Waals surface area contributed by atoms with Crippen molar-refractivity contribution in [3.05, 3.63) is 40.3 Å². The maximum Gasteiger partial charge on any atom is 0.223 e. The molecule has 0 fully saturated rings. The van der Waals surface area contributed by atoms with E-state index in [1.807, 2.05) is 6.07 Å². The summed E-state index contributed by atoms with van der Waals surface area (Å²) in [6.07, 6.45) is 2.60. The van der Waals surface area contributed by atoms with Crippen LogP contribution in [0.3, 0.4) is 0 Å². The van der Waals surface area contributed by atoms with E-state index in [0.29, 0.717) is 11.6 Å². The van der Waals surface area contributed by atoms with Crippen molar-refractivity contribution in [3.8, 4) is 0 Å². The van der Waals surface area contributed by atoms with Gasteiger partial charge in [-0.05, 0) is 23.9 Å². The lowest BCUT2D eigenvalue weighted by molar-refractivity contribution is 0.997. The van der Waals surface area contributed by atoms with Crippen LogP contribution in [0.5, 0.6) is 0 Å². The van der Waals surface area contributed by atoms with Gasteiger partial charge in [0.05, 0.1) is 0 Å². The lowest BCUT2D eigenvalue weighted by Crippen LogP contribution is -2.14. The Hall–Kier alpha value is -1.53. The molecule has 0 spiro atoms. The van der Waals surface area contributed by atoms with E-state index in [1.54, 1.807) is 23.6 Å². The van der Waals surface area contributed by atoms with Crippen molar-refractivity contribution in [2.75, 3.05) is 11.9 Å². The fourth-order valence-electron chi connectivity index (χ4n) is 1.33. The fourth-order valence-corrected chi connectivity index (χ4v) is 2.16. The first kappa shape index (κ1) is 11.9. The monoisotopic (exact) mass is 264 g/mol. The zero-order valence-corrected chi connectivity index (χ0v) is 10.7. The summed E-state index contributed by atoms with van der Waals surface area (Å²) in [6, 6.07) is 5.86. The van der Waals surface area contributed by atoms with Crippen LogP contribution < -0.4 is 11.1 Å². The van der Waals surface area contributed by atoms with Crippen molar-refractivity contribution in [2.45, 2.75) is 6.42 Å². The molecule has 88 valence electrons. The Labute approximate surface area is 109 Å². The summed E-state index contributed by atoms with van der Waals surface area (Å²) in [5.41, 5.74) is 6.09. The Balaban J connectivity index is 1.90. The van der Waals surface area contributed by atoms with E-state index < -0.39 is 0 Å². The average molecular weight is 264 g/mol. The summed E-state index contributed by atoms with van der Waals surface area (Å²) in [4.78, 5) is 9.93. The number of hydrogen-bond donors (Lipinski definition) is 2. The quantitative estimate of drug-likeness (QED) is 0.807. The number of rotatable bonds is 5. The molecule has 2 rings (SSSR count). The highest BCUT2D eigenvalue weighted by Crippen LogP contribution is 2.09. The topological polar surface area (TPSA) is 63.8 Å². The third-order valence-corrected chi connectivity index (χ3v) is 3.29. The molecular weight excluding hydrogens is 252 g/mol. The molecule has 0 bridgehead atoms. The largest absolute Gasteiger partial charge is 0.388 e. The molecule has 0 radical (unpaired) electrons. The van der Waals surface area contributed by atoms with E-state index in [4.69, 9.17) is 18.0 Å². The van der Waals surface area contributed by atoms with Gasteiger partial charge < -0.3 is 11.1 Å². The summed E-state index contributed by atoms with van der Waals surface area (Å²) >= 11 is 6.61. The lowest BCUT2D eigenvalue weighted by atomic mass is 10.3. The third kappa shape index (κ3) is 3.47. The highest BCUT2D eigenvalue weighted by atomic mass is 32.1.